The molecule has 1 aromatic carbocycles. The topological polar surface area (TPSA) is 80.9 Å². The van der Waals surface area contributed by atoms with Crippen LogP contribution in [0.25, 0.3) is 0 Å². The quantitative estimate of drug-likeness (QED) is 0.850. The van der Waals surface area contributed by atoms with E-state index in [-0.39, 0.29) is 11.4 Å². The van der Waals surface area contributed by atoms with Gasteiger partial charge in [-0.1, -0.05) is 17.8 Å². The second-order valence-corrected chi connectivity index (χ2v) is 4.86. The Morgan fingerprint density at radius 2 is 2.20 bits per heavy atom. The molecule has 0 saturated heterocycles. The fourth-order valence-electron chi connectivity index (χ4n) is 1.68. The molecule has 0 atom stereocenters. The van der Waals surface area contributed by atoms with Crippen LogP contribution in [0.15, 0.2) is 12.1 Å². The summed E-state index contributed by atoms with van der Waals surface area (Å²) in [5, 5.41) is 6.18. The molecule has 2 aromatic rings. The van der Waals surface area contributed by atoms with Crippen LogP contribution in [0.4, 0.5) is 20.2 Å². The summed E-state index contributed by atoms with van der Waals surface area (Å²) in [6.45, 7) is 1.94. The molecule has 0 aliphatic rings. The normalized spacial score (nSPS) is 10.6. The number of halogens is 2. The van der Waals surface area contributed by atoms with Gasteiger partial charge in [-0.15, -0.1) is 5.10 Å². The number of aromatic nitrogens is 2. The number of hydrogen-bond donors (Lipinski definition) is 2. The molecule has 0 saturated carbocycles. The summed E-state index contributed by atoms with van der Waals surface area (Å²) in [7, 11) is 0. The van der Waals surface area contributed by atoms with Gasteiger partial charge in [-0.3, -0.25) is 4.79 Å². The highest BCUT2D eigenvalue weighted by Crippen LogP contribution is 2.25. The van der Waals surface area contributed by atoms with Crippen LogP contribution in [0.2, 0.25) is 0 Å². The van der Waals surface area contributed by atoms with Crippen molar-refractivity contribution in [2.45, 2.75) is 19.8 Å². The molecule has 0 aliphatic heterocycles. The van der Waals surface area contributed by atoms with Gasteiger partial charge in [0.1, 0.15) is 16.4 Å². The third-order valence-electron chi connectivity index (χ3n) is 2.57. The number of benzene rings is 1. The van der Waals surface area contributed by atoms with Crippen molar-refractivity contribution in [1.82, 2.24) is 9.59 Å². The molecule has 1 aromatic heterocycles. The monoisotopic (exact) mass is 298 g/mol. The van der Waals surface area contributed by atoms with Gasteiger partial charge in [0.25, 0.3) is 5.91 Å². The van der Waals surface area contributed by atoms with Crippen molar-refractivity contribution in [3.8, 4) is 0 Å². The molecule has 20 heavy (non-hydrogen) atoms. The maximum atomic E-state index is 13.6. The highest BCUT2D eigenvalue weighted by molar-refractivity contribution is 7.08. The first-order chi connectivity index (χ1) is 9.52. The van der Waals surface area contributed by atoms with Crippen LogP contribution >= 0.6 is 11.5 Å². The van der Waals surface area contributed by atoms with E-state index in [0.717, 1.165) is 24.0 Å². The number of amides is 1. The van der Waals surface area contributed by atoms with E-state index in [9.17, 15) is 13.6 Å². The second kappa shape index (κ2) is 5.91. The zero-order valence-electron chi connectivity index (χ0n) is 10.6. The number of nitrogens with two attached hydrogens (primary N) is 1. The Kier molecular flexibility index (Phi) is 4.23. The van der Waals surface area contributed by atoms with Crippen LogP contribution in [0.5, 0.6) is 0 Å². The van der Waals surface area contributed by atoms with Gasteiger partial charge in [0.2, 0.25) is 0 Å². The van der Waals surface area contributed by atoms with Crippen molar-refractivity contribution < 1.29 is 13.6 Å². The Bertz CT molecular complexity index is 621. The maximum absolute atomic E-state index is 13.6. The largest absolute Gasteiger partial charge is 0.397 e. The molecular weight excluding hydrogens is 286 g/mol. The van der Waals surface area contributed by atoms with Crippen molar-refractivity contribution in [2.75, 3.05) is 11.1 Å². The van der Waals surface area contributed by atoms with Crippen molar-refractivity contribution in [3.63, 3.8) is 0 Å². The Hall–Kier alpha value is -2.09. The third kappa shape index (κ3) is 2.90. The molecule has 0 fully saturated rings. The summed E-state index contributed by atoms with van der Waals surface area (Å²) < 4.78 is 30.2. The smallest absolute Gasteiger partial charge is 0.269 e. The van der Waals surface area contributed by atoms with E-state index < -0.39 is 17.5 Å². The zero-order chi connectivity index (χ0) is 14.7. The van der Waals surface area contributed by atoms with E-state index in [1.807, 2.05) is 6.92 Å². The molecule has 0 unspecified atom stereocenters. The summed E-state index contributed by atoms with van der Waals surface area (Å²) in [4.78, 5) is 12.4. The molecule has 1 heterocycles. The summed E-state index contributed by atoms with van der Waals surface area (Å²) in [6.07, 6.45) is 1.40. The fraction of sp³-hybridized carbons (Fsp3) is 0.250. The molecular formula is C12H12F2N4OS. The number of hydrogen-bond acceptors (Lipinski definition) is 5. The van der Waals surface area contributed by atoms with Gasteiger partial charge in [-0.2, -0.15) is 0 Å². The first-order valence-corrected chi connectivity index (χ1v) is 6.67. The number of rotatable bonds is 4. The van der Waals surface area contributed by atoms with Gasteiger partial charge in [-0.25, -0.2) is 8.78 Å². The molecule has 1 amide bonds. The molecule has 8 heteroatoms. The molecule has 0 aliphatic carbocycles. The molecule has 0 spiro atoms. The molecule has 2 rings (SSSR count). The number of nitrogens with zero attached hydrogens (tertiary/aromatic N) is 2. The molecule has 3 N–H and O–H groups in total. The predicted octanol–water partition coefficient (Wildman–Crippen LogP) is 2.60. The summed E-state index contributed by atoms with van der Waals surface area (Å²) in [5.74, 6) is -2.28. The van der Waals surface area contributed by atoms with E-state index >= 15 is 0 Å². The first-order valence-electron chi connectivity index (χ1n) is 5.90. The van der Waals surface area contributed by atoms with Gasteiger partial charge in [0.15, 0.2) is 5.82 Å². The van der Waals surface area contributed by atoms with E-state index in [4.69, 9.17) is 5.73 Å². The van der Waals surface area contributed by atoms with Crippen LogP contribution < -0.4 is 11.1 Å². The van der Waals surface area contributed by atoms with E-state index in [2.05, 4.69) is 14.9 Å². The molecule has 0 bridgehead atoms. The number of carbonyl (C=O) groups is 1. The third-order valence-corrected chi connectivity index (χ3v) is 3.34. The van der Waals surface area contributed by atoms with Crippen molar-refractivity contribution in [2.24, 2.45) is 0 Å². The number of aryl methyl sites for hydroxylation is 1. The average Bonchev–Trinajstić information content (AvgIpc) is 2.82. The second-order valence-electron chi connectivity index (χ2n) is 4.10. The Morgan fingerprint density at radius 1 is 1.45 bits per heavy atom. The molecule has 0 radical (unpaired) electrons. The van der Waals surface area contributed by atoms with E-state index in [1.165, 1.54) is 0 Å². The minimum Gasteiger partial charge on any atom is -0.397 e. The molecule has 5 nitrogen and oxygen atoms in total. The number of nitrogen functional groups attached to an aromatic ring is 1. The standard InChI is InChI=1S/C12H12F2N4OS/c1-2-3-9-11(20-18-17-9)12(19)16-10-7(14)4-6(13)5-8(10)15/h4-5H,2-3,15H2,1H3,(H,16,19). The molecule has 106 valence electrons. The van der Waals surface area contributed by atoms with Gasteiger partial charge >= 0.3 is 0 Å². The van der Waals surface area contributed by atoms with Crippen molar-refractivity contribution >= 4 is 28.8 Å². The lowest BCUT2D eigenvalue weighted by atomic mass is 10.2. The lowest BCUT2D eigenvalue weighted by Crippen LogP contribution is -2.15. The Balaban J connectivity index is 2.26. The van der Waals surface area contributed by atoms with Crippen molar-refractivity contribution in [3.05, 3.63) is 34.3 Å². The Morgan fingerprint density at radius 3 is 2.85 bits per heavy atom. The SMILES string of the molecule is CCCc1nnsc1C(=O)Nc1c(N)cc(F)cc1F. The lowest BCUT2D eigenvalue weighted by molar-refractivity contribution is 0.102. The van der Waals surface area contributed by atoms with E-state index in [0.29, 0.717) is 23.1 Å². The number of nitrogens with one attached hydrogen (secondary N) is 1. The average molecular weight is 298 g/mol. The van der Waals surface area contributed by atoms with Crippen LogP contribution in [-0.4, -0.2) is 15.5 Å². The van der Waals surface area contributed by atoms with E-state index in [1.54, 1.807) is 0 Å². The number of carbonyl (C=O) groups excluding carboxylic acids is 1. The van der Waals surface area contributed by atoms with Crippen molar-refractivity contribution in [1.29, 1.82) is 0 Å². The van der Waals surface area contributed by atoms with Gasteiger partial charge in [-0.05, 0) is 24.0 Å². The fourth-order valence-corrected chi connectivity index (χ4v) is 2.28. The van der Waals surface area contributed by atoms with Crippen LogP contribution in [0, 0.1) is 11.6 Å². The summed E-state index contributed by atoms with van der Waals surface area (Å²) >= 11 is 0.921. The zero-order valence-corrected chi connectivity index (χ0v) is 11.4. The summed E-state index contributed by atoms with van der Waals surface area (Å²) in [6, 6.07) is 1.60. The maximum Gasteiger partial charge on any atom is 0.269 e. The van der Waals surface area contributed by atoms with Crippen LogP contribution in [0.1, 0.15) is 28.7 Å². The van der Waals surface area contributed by atoms with Gasteiger partial charge in [0, 0.05) is 6.07 Å². The predicted molar refractivity (Wildman–Crippen MR) is 72.6 cm³/mol. The lowest BCUT2D eigenvalue weighted by Gasteiger charge is -2.09. The van der Waals surface area contributed by atoms with Crippen LogP contribution in [0.3, 0.4) is 0 Å². The minimum absolute atomic E-state index is 0.176. The van der Waals surface area contributed by atoms with Gasteiger partial charge < -0.3 is 11.1 Å². The highest BCUT2D eigenvalue weighted by atomic mass is 32.1. The summed E-state index contributed by atoms with van der Waals surface area (Å²) in [5.41, 5.74) is 5.63. The number of anilines is 2. The first kappa shape index (κ1) is 14.3. The van der Waals surface area contributed by atoms with Gasteiger partial charge in [0.05, 0.1) is 11.4 Å². The minimum atomic E-state index is -0.926. The van der Waals surface area contributed by atoms with Crippen LogP contribution in [-0.2, 0) is 6.42 Å². The highest BCUT2D eigenvalue weighted by Gasteiger charge is 2.19. The Labute approximate surface area is 118 Å².